The summed E-state index contributed by atoms with van der Waals surface area (Å²) in [5.41, 5.74) is 2.73. The highest BCUT2D eigenvalue weighted by Crippen LogP contribution is 2.15. The third kappa shape index (κ3) is 4.45. The average Bonchev–Trinajstić information content (AvgIpc) is 2.24. The Hall–Kier alpha value is -0.860. The van der Waals surface area contributed by atoms with Gasteiger partial charge in [-0.25, -0.2) is 0 Å². The molecular formula is C13H21NO. The smallest absolute Gasteiger partial charge is 0.0587 e. The van der Waals surface area contributed by atoms with Gasteiger partial charge in [0.25, 0.3) is 0 Å². The van der Waals surface area contributed by atoms with Crippen LogP contribution in [0.1, 0.15) is 24.0 Å². The summed E-state index contributed by atoms with van der Waals surface area (Å²) in [6, 6.07) is 8.70. The zero-order valence-corrected chi connectivity index (χ0v) is 9.92. The van der Waals surface area contributed by atoms with E-state index in [1.54, 1.807) is 7.11 Å². The van der Waals surface area contributed by atoms with Crippen molar-refractivity contribution in [3.63, 3.8) is 0 Å². The molecule has 2 heteroatoms. The minimum atomic E-state index is 0.557. The van der Waals surface area contributed by atoms with Gasteiger partial charge in [0.15, 0.2) is 0 Å². The van der Waals surface area contributed by atoms with Crippen LogP contribution in [0.5, 0.6) is 0 Å². The van der Waals surface area contributed by atoms with E-state index in [-0.39, 0.29) is 0 Å². The van der Waals surface area contributed by atoms with Gasteiger partial charge in [0.05, 0.1) is 6.61 Å². The van der Waals surface area contributed by atoms with E-state index in [0.717, 1.165) is 19.7 Å². The average molecular weight is 207 g/mol. The Kier molecular flexibility index (Phi) is 5.37. The fourth-order valence-electron chi connectivity index (χ4n) is 1.59. The first-order valence-corrected chi connectivity index (χ1v) is 5.50. The summed E-state index contributed by atoms with van der Waals surface area (Å²) in [5.74, 6) is 0.557. The van der Waals surface area contributed by atoms with Crippen molar-refractivity contribution in [1.82, 2.24) is 5.32 Å². The zero-order valence-electron chi connectivity index (χ0n) is 9.92. The fraction of sp³-hybridized carbons (Fsp3) is 0.538. The maximum absolute atomic E-state index is 4.99. The van der Waals surface area contributed by atoms with Crippen LogP contribution in [0.25, 0.3) is 0 Å². The Morgan fingerprint density at radius 1 is 1.40 bits per heavy atom. The molecule has 0 aliphatic heterocycles. The normalized spacial score (nSPS) is 12.7. The van der Waals surface area contributed by atoms with Crippen LogP contribution < -0.4 is 5.32 Å². The van der Waals surface area contributed by atoms with E-state index < -0.39 is 0 Å². The number of hydrogen-bond acceptors (Lipinski definition) is 2. The maximum atomic E-state index is 4.99. The van der Waals surface area contributed by atoms with Gasteiger partial charge in [-0.1, -0.05) is 36.8 Å². The number of nitrogens with one attached hydrogen (secondary N) is 1. The number of benzene rings is 1. The number of rotatable bonds is 6. The second kappa shape index (κ2) is 6.59. The molecule has 1 aromatic carbocycles. The van der Waals surface area contributed by atoms with Gasteiger partial charge < -0.3 is 10.1 Å². The van der Waals surface area contributed by atoms with E-state index >= 15 is 0 Å². The van der Waals surface area contributed by atoms with E-state index in [9.17, 15) is 0 Å². The van der Waals surface area contributed by atoms with Crippen molar-refractivity contribution in [2.75, 3.05) is 26.8 Å². The molecule has 15 heavy (non-hydrogen) atoms. The molecule has 0 radical (unpaired) electrons. The lowest BCUT2D eigenvalue weighted by Gasteiger charge is -2.13. The minimum Gasteiger partial charge on any atom is -0.383 e. The lowest BCUT2D eigenvalue weighted by molar-refractivity contribution is 0.199. The summed E-state index contributed by atoms with van der Waals surface area (Å²) >= 11 is 0. The molecule has 0 spiro atoms. The molecule has 0 aromatic heterocycles. The van der Waals surface area contributed by atoms with Crippen LogP contribution in [0.4, 0.5) is 0 Å². The number of methoxy groups -OCH3 is 1. The van der Waals surface area contributed by atoms with Crippen molar-refractivity contribution < 1.29 is 4.74 Å². The van der Waals surface area contributed by atoms with Crippen LogP contribution in [0.15, 0.2) is 24.3 Å². The quantitative estimate of drug-likeness (QED) is 0.723. The van der Waals surface area contributed by atoms with Crippen LogP contribution in [0.3, 0.4) is 0 Å². The number of aryl methyl sites for hydroxylation is 1. The number of hydrogen-bond donors (Lipinski definition) is 1. The molecule has 0 heterocycles. The van der Waals surface area contributed by atoms with Crippen molar-refractivity contribution in [3.8, 4) is 0 Å². The van der Waals surface area contributed by atoms with Crippen molar-refractivity contribution >= 4 is 0 Å². The maximum Gasteiger partial charge on any atom is 0.0587 e. The molecular weight excluding hydrogens is 186 g/mol. The van der Waals surface area contributed by atoms with Crippen LogP contribution in [-0.4, -0.2) is 26.8 Å². The van der Waals surface area contributed by atoms with Crippen molar-refractivity contribution in [3.05, 3.63) is 35.4 Å². The molecule has 1 atom stereocenters. The first-order valence-electron chi connectivity index (χ1n) is 5.50. The van der Waals surface area contributed by atoms with Gasteiger partial charge in [-0.2, -0.15) is 0 Å². The molecule has 0 aliphatic rings. The summed E-state index contributed by atoms with van der Waals surface area (Å²) in [7, 11) is 1.73. The third-order valence-electron chi connectivity index (χ3n) is 2.54. The van der Waals surface area contributed by atoms with Gasteiger partial charge in [0.2, 0.25) is 0 Å². The summed E-state index contributed by atoms with van der Waals surface area (Å²) < 4.78 is 4.99. The Balaban J connectivity index is 2.36. The molecule has 0 aliphatic carbocycles. The molecule has 0 saturated heterocycles. The summed E-state index contributed by atoms with van der Waals surface area (Å²) in [6.07, 6.45) is 0. The molecule has 84 valence electrons. The van der Waals surface area contributed by atoms with Gasteiger partial charge in [0.1, 0.15) is 0 Å². The zero-order chi connectivity index (χ0) is 11.1. The first kappa shape index (κ1) is 12.2. The van der Waals surface area contributed by atoms with Crippen LogP contribution in [0.2, 0.25) is 0 Å². The van der Waals surface area contributed by atoms with Gasteiger partial charge in [-0.05, 0) is 18.4 Å². The predicted octanol–water partition coefficient (Wildman–Crippen LogP) is 2.33. The van der Waals surface area contributed by atoms with Gasteiger partial charge in [-0.3, -0.25) is 0 Å². The third-order valence-corrected chi connectivity index (χ3v) is 2.54. The second-order valence-corrected chi connectivity index (χ2v) is 4.01. The molecule has 1 aromatic rings. The van der Waals surface area contributed by atoms with Gasteiger partial charge in [-0.15, -0.1) is 0 Å². The topological polar surface area (TPSA) is 21.3 Å². The Labute approximate surface area is 92.6 Å². The van der Waals surface area contributed by atoms with E-state index in [0.29, 0.717) is 5.92 Å². The molecule has 0 bridgehead atoms. The predicted molar refractivity (Wildman–Crippen MR) is 64.3 cm³/mol. The molecule has 0 saturated carbocycles. The number of ether oxygens (including phenoxy) is 1. The monoisotopic (exact) mass is 207 g/mol. The van der Waals surface area contributed by atoms with E-state index in [4.69, 9.17) is 4.74 Å². The van der Waals surface area contributed by atoms with Crippen molar-refractivity contribution in [2.24, 2.45) is 0 Å². The van der Waals surface area contributed by atoms with Crippen molar-refractivity contribution in [1.29, 1.82) is 0 Å². The van der Waals surface area contributed by atoms with Crippen LogP contribution >= 0.6 is 0 Å². The highest BCUT2D eigenvalue weighted by atomic mass is 16.5. The second-order valence-electron chi connectivity index (χ2n) is 4.01. The standard InChI is InChI=1S/C13H21NO/c1-11-5-4-6-13(9-11)12(2)10-14-7-8-15-3/h4-6,9,12,14H,7-8,10H2,1-3H3. The first-order chi connectivity index (χ1) is 7.24. The minimum absolute atomic E-state index is 0.557. The largest absolute Gasteiger partial charge is 0.383 e. The lowest BCUT2D eigenvalue weighted by atomic mass is 9.99. The summed E-state index contributed by atoms with van der Waals surface area (Å²) in [4.78, 5) is 0. The Bertz CT molecular complexity index is 286. The SMILES string of the molecule is COCCNCC(C)c1cccc(C)c1. The molecule has 0 amide bonds. The Morgan fingerprint density at radius 2 is 2.20 bits per heavy atom. The van der Waals surface area contributed by atoms with E-state index in [2.05, 4.69) is 43.4 Å². The van der Waals surface area contributed by atoms with E-state index in [1.807, 2.05) is 0 Å². The lowest BCUT2D eigenvalue weighted by Crippen LogP contribution is -2.23. The molecule has 0 fully saturated rings. The summed E-state index contributed by atoms with van der Waals surface area (Å²) in [6.45, 7) is 7.09. The highest BCUT2D eigenvalue weighted by Gasteiger charge is 2.04. The van der Waals surface area contributed by atoms with Crippen molar-refractivity contribution in [2.45, 2.75) is 19.8 Å². The van der Waals surface area contributed by atoms with Gasteiger partial charge in [0, 0.05) is 20.2 Å². The molecule has 1 rings (SSSR count). The summed E-state index contributed by atoms with van der Waals surface area (Å²) in [5, 5.41) is 3.38. The van der Waals surface area contributed by atoms with Gasteiger partial charge >= 0.3 is 0 Å². The van der Waals surface area contributed by atoms with E-state index in [1.165, 1.54) is 11.1 Å². The molecule has 1 unspecified atom stereocenters. The highest BCUT2D eigenvalue weighted by molar-refractivity contribution is 5.25. The molecule has 2 nitrogen and oxygen atoms in total. The van der Waals surface area contributed by atoms with Crippen LogP contribution in [-0.2, 0) is 4.74 Å². The Morgan fingerprint density at radius 3 is 2.87 bits per heavy atom. The molecule has 1 N–H and O–H groups in total. The van der Waals surface area contributed by atoms with Crippen LogP contribution in [0, 0.1) is 6.92 Å². The fourth-order valence-corrected chi connectivity index (χ4v) is 1.59.